The Kier molecular flexibility index (Phi) is 2.71. The minimum atomic E-state index is -0.373. The van der Waals surface area contributed by atoms with Gasteiger partial charge in [0.2, 0.25) is 0 Å². The van der Waals surface area contributed by atoms with E-state index < -0.39 is 0 Å². The Morgan fingerprint density at radius 1 is 1.44 bits per heavy atom. The quantitative estimate of drug-likeness (QED) is 0.809. The van der Waals surface area contributed by atoms with Crippen LogP contribution in [0.5, 0.6) is 0 Å². The Morgan fingerprint density at radius 3 is 2.72 bits per heavy atom. The fraction of sp³-hybridized carbons (Fsp3) is 0.667. The van der Waals surface area contributed by atoms with Gasteiger partial charge in [0.1, 0.15) is 12.0 Å². The fourth-order valence-electron chi connectivity index (χ4n) is 2.48. The van der Waals surface area contributed by atoms with Crippen LogP contribution in [0.25, 0.3) is 0 Å². The van der Waals surface area contributed by atoms with Crippen LogP contribution in [0.15, 0.2) is 6.33 Å². The Bertz CT molecular complexity index is 457. The summed E-state index contributed by atoms with van der Waals surface area (Å²) < 4.78 is 24.6. The van der Waals surface area contributed by atoms with E-state index in [9.17, 15) is 4.39 Å². The van der Waals surface area contributed by atoms with Crippen molar-refractivity contribution < 1.29 is 13.9 Å². The van der Waals surface area contributed by atoms with Gasteiger partial charge in [-0.25, -0.2) is 14.4 Å². The molecule has 2 fully saturated rings. The van der Waals surface area contributed by atoms with E-state index in [0.29, 0.717) is 11.5 Å². The lowest BCUT2D eigenvalue weighted by molar-refractivity contribution is -0.127. The van der Waals surface area contributed by atoms with Gasteiger partial charge in [-0.3, -0.25) is 0 Å². The Morgan fingerprint density at radius 2 is 2.17 bits per heavy atom. The number of hydrogen-bond acceptors (Lipinski definition) is 5. The third kappa shape index (κ3) is 1.67. The van der Waals surface area contributed by atoms with Crippen LogP contribution in [0.4, 0.5) is 10.2 Å². The molecule has 0 amide bonds. The van der Waals surface area contributed by atoms with Crippen molar-refractivity contribution in [3.05, 3.63) is 17.8 Å². The first-order valence-electron chi connectivity index (χ1n) is 6.01. The summed E-state index contributed by atoms with van der Waals surface area (Å²) in [7, 11) is 1.54. The number of nitrogens with zero attached hydrogens (tertiary/aromatic N) is 3. The van der Waals surface area contributed by atoms with Crippen molar-refractivity contribution in [3.8, 4) is 0 Å². The maximum Gasteiger partial charge on any atom is 0.189 e. The van der Waals surface area contributed by atoms with Gasteiger partial charge in [-0.05, 0) is 6.92 Å². The van der Waals surface area contributed by atoms with Crippen molar-refractivity contribution >= 4 is 5.82 Å². The van der Waals surface area contributed by atoms with Crippen molar-refractivity contribution in [3.63, 3.8) is 0 Å². The summed E-state index contributed by atoms with van der Waals surface area (Å²) in [6.45, 7) is 4.94. The second-order valence-corrected chi connectivity index (χ2v) is 5.12. The molecule has 0 aliphatic carbocycles. The summed E-state index contributed by atoms with van der Waals surface area (Å²) in [6.07, 6.45) is 1.03. The van der Waals surface area contributed by atoms with Gasteiger partial charge in [0, 0.05) is 20.2 Å². The van der Waals surface area contributed by atoms with Crippen molar-refractivity contribution in [2.75, 3.05) is 38.3 Å². The first kappa shape index (κ1) is 11.8. The summed E-state index contributed by atoms with van der Waals surface area (Å²) in [5.74, 6) is 0.00312. The van der Waals surface area contributed by atoms with Crippen LogP contribution in [0.1, 0.15) is 18.7 Å². The third-order valence-electron chi connectivity index (χ3n) is 3.71. The third-order valence-corrected chi connectivity index (χ3v) is 3.71. The van der Waals surface area contributed by atoms with Crippen LogP contribution in [0.3, 0.4) is 0 Å². The van der Waals surface area contributed by atoms with E-state index in [1.54, 1.807) is 6.92 Å². The molecule has 18 heavy (non-hydrogen) atoms. The number of rotatable bonds is 3. The molecule has 1 spiro atoms. The molecule has 0 N–H and O–H groups in total. The molecule has 2 aliphatic heterocycles. The average molecular weight is 253 g/mol. The van der Waals surface area contributed by atoms with E-state index in [4.69, 9.17) is 9.47 Å². The lowest BCUT2D eigenvalue weighted by Gasteiger charge is -2.55. The SMILES string of the molecule is COC(C)c1ncnc(N2CC3(COC3)C2)c1F. The number of anilines is 1. The van der Waals surface area contributed by atoms with Gasteiger partial charge in [0.15, 0.2) is 11.6 Å². The Hall–Kier alpha value is -1.27. The highest BCUT2D eigenvalue weighted by molar-refractivity contribution is 5.46. The summed E-state index contributed by atoms with van der Waals surface area (Å²) in [4.78, 5) is 9.94. The second kappa shape index (κ2) is 4.13. The molecule has 3 heterocycles. The zero-order valence-electron chi connectivity index (χ0n) is 10.5. The predicted molar refractivity (Wildman–Crippen MR) is 62.9 cm³/mol. The zero-order valence-corrected chi connectivity index (χ0v) is 10.5. The highest BCUT2D eigenvalue weighted by Crippen LogP contribution is 2.40. The van der Waals surface area contributed by atoms with Gasteiger partial charge in [-0.15, -0.1) is 0 Å². The summed E-state index contributed by atoms with van der Waals surface area (Å²) in [5, 5.41) is 0. The molecule has 1 unspecified atom stereocenters. The van der Waals surface area contributed by atoms with Crippen LogP contribution < -0.4 is 4.90 Å². The number of methoxy groups -OCH3 is 1. The molecule has 0 saturated carbocycles. The van der Waals surface area contributed by atoms with Gasteiger partial charge in [0.05, 0.1) is 24.7 Å². The molecular formula is C12H16FN3O2. The summed E-state index contributed by atoms with van der Waals surface area (Å²) in [5.41, 5.74) is 0.554. The van der Waals surface area contributed by atoms with Gasteiger partial charge in [-0.2, -0.15) is 0 Å². The molecular weight excluding hydrogens is 237 g/mol. The molecule has 0 radical (unpaired) electrons. The smallest absolute Gasteiger partial charge is 0.189 e. The van der Waals surface area contributed by atoms with Crippen molar-refractivity contribution in [2.45, 2.75) is 13.0 Å². The van der Waals surface area contributed by atoms with Crippen LogP contribution in [0.2, 0.25) is 0 Å². The predicted octanol–water partition coefficient (Wildman–Crippen LogP) is 1.16. The lowest BCUT2D eigenvalue weighted by Crippen LogP contribution is -2.66. The van der Waals surface area contributed by atoms with Crippen molar-refractivity contribution in [1.29, 1.82) is 0 Å². The second-order valence-electron chi connectivity index (χ2n) is 5.12. The number of hydrogen-bond donors (Lipinski definition) is 0. The van der Waals surface area contributed by atoms with Gasteiger partial charge >= 0.3 is 0 Å². The normalized spacial score (nSPS) is 22.5. The first-order valence-corrected chi connectivity index (χ1v) is 6.01. The van der Waals surface area contributed by atoms with E-state index in [0.717, 1.165) is 26.3 Å². The molecule has 3 rings (SSSR count). The molecule has 6 heteroatoms. The number of ether oxygens (including phenoxy) is 2. The zero-order chi connectivity index (χ0) is 12.8. The van der Waals surface area contributed by atoms with Gasteiger partial charge < -0.3 is 14.4 Å². The van der Waals surface area contributed by atoms with E-state index in [2.05, 4.69) is 9.97 Å². The molecule has 1 aromatic heterocycles. The van der Waals surface area contributed by atoms with E-state index >= 15 is 0 Å². The topological polar surface area (TPSA) is 47.5 Å². The van der Waals surface area contributed by atoms with Gasteiger partial charge in [-0.1, -0.05) is 0 Å². The average Bonchev–Trinajstić information content (AvgIpc) is 2.26. The molecule has 98 valence electrons. The molecule has 2 aliphatic rings. The maximum absolute atomic E-state index is 14.3. The van der Waals surface area contributed by atoms with E-state index in [1.807, 2.05) is 4.90 Å². The monoisotopic (exact) mass is 253 g/mol. The number of aromatic nitrogens is 2. The van der Waals surface area contributed by atoms with Crippen molar-refractivity contribution in [1.82, 2.24) is 9.97 Å². The highest BCUT2D eigenvalue weighted by Gasteiger charge is 2.50. The molecule has 5 nitrogen and oxygen atoms in total. The Labute approximate surface area is 105 Å². The summed E-state index contributed by atoms with van der Waals surface area (Å²) in [6, 6.07) is 0. The molecule has 1 aromatic rings. The highest BCUT2D eigenvalue weighted by atomic mass is 19.1. The minimum absolute atomic E-state index is 0.241. The Balaban J connectivity index is 1.80. The van der Waals surface area contributed by atoms with E-state index in [-0.39, 0.29) is 17.3 Å². The molecule has 0 aromatic carbocycles. The first-order chi connectivity index (χ1) is 8.65. The van der Waals surface area contributed by atoms with Gasteiger partial charge in [0.25, 0.3) is 0 Å². The lowest BCUT2D eigenvalue weighted by atomic mass is 9.78. The van der Waals surface area contributed by atoms with E-state index in [1.165, 1.54) is 13.4 Å². The standard InChI is InChI=1S/C12H16FN3O2/c1-8(17-2)10-9(13)11(15-7-14-10)16-3-12(4-16)5-18-6-12/h7-8H,3-6H2,1-2H3. The largest absolute Gasteiger partial charge is 0.380 e. The molecule has 1 atom stereocenters. The van der Waals surface area contributed by atoms with Crippen molar-refractivity contribution in [2.24, 2.45) is 5.41 Å². The molecule has 0 bridgehead atoms. The maximum atomic E-state index is 14.3. The molecule has 2 saturated heterocycles. The van der Waals surface area contributed by atoms with Crippen LogP contribution in [-0.2, 0) is 9.47 Å². The fourth-order valence-corrected chi connectivity index (χ4v) is 2.48. The number of halogens is 1. The van der Waals surface area contributed by atoms with Crippen LogP contribution in [-0.4, -0.2) is 43.4 Å². The minimum Gasteiger partial charge on any atom is -0.380 e. The summed E-state index contributed by atoms with van der Waals surface area (Å²) >= 11 is 0. The van der Waals surface area contributed by atoms with Crippen LogP contribution in [0, 0.1) is 11.2 Å². The van der Waals surface area contributed by atoms with Crippen LogP contribution >= 0.6 is 0 Å².